The third kappa shape index (κ3) is 9.21. The second kappa shape index (κ2) is 17.9. The Bertz CT molecular complexity index is 1680. The Hall–Kier alpha value is -3.67. The Morgan fingerprint density at radius 2 is 1.80 bits per heavy atom. The number of methoxy groups -OCH3 is 1. The molecule has 0 spiro atoms. The summed E-state index contributed by atoms with van der Waals surface area (Å²) in [6, 6.07) is 5.73. The SMILES string of the molecule is CC[C@H]1OC(=O)[C@H](C)C(=O)[C@H](C)[C@@H](O[C@@H]2O[C@H](C)CC(N)C2O)[C@](C)(OC)CC(C)N[C@H](C)[C@H]2N(CCCCn3cc(-c4cccc(N)c4)nn3)C(=O)O[C@]12C. The lowest BCUT2D eigenvalue weighted by Crippen LogP contribution is -2.63. The number of aliphatic hydroxyl groups is 1. The van der Waals surface area contributed by atoms with Crippen LogP contribution in [-0.2, 0) is 39.8 Å². The van der Waals surface area contributed by atoms with Crippen molar-refractivity contribution in [3.05, 3.63) is 30.5 Å². The number of unbranched alkanes of at least 4 members (excludes halogenated alkanes) is 1. The molecule has 3 fully saturated rings. The molecule has 1 amide bonds. The van der Waals surface area contributed by atoms with Crippen LogP contribution in [0, 0.1) is 11.8 Å². The van der Waals surface area contributed by atoms with Crippen molar-refractivity contribution in [3.63, 3.8) is 0 Å². The maximum atomic E-state index is 14.2. The maximum absolute atomic E-state index is 14.2. The highest BCUT2D eigenvalue weighted by atomic mass is 16.7. The molecule has 2 aromatic rings. The van der Waals surface area contributed by atoms with Gasteiger partial charge in [-0.1, -0.05) is 31.2 Å². The molecule has 0 aliphatic carbocycles. The maximum Gasteiger partial charge on any atom is 0.410 e. The number of nitrogens with zero attached hydrogens (tertiary/aromatic N) is 4. The molecule has 16 heteroatoms. The van der Waals surface area contributed by atoms with Crippen molar-refractivity contribution in [1.82, 2.24) is 25.2 Å². The van der Waals surface area contributed by atoms with Gasteiger partial charge >= 0.3 is 12.1 Å². The largest absolute Gasteiger partial charge is 0.458 e. The molecule has 1 aromatic carbocycles. The van der Waals surface area contributed by atoms with Crippen molar-refractivity contribution < 1.29 is 43.2 Å². The number of fused-ring (bicyclic) bond motifs is 1. The fourth-order valence-electron chi connectivity index (χ4n) is 8.94. The summed E-state index contributed by atoms with van der Waals surface area (Å²) >= 11 is 0. The van der Waals surface area contributed by atoms with Gasteiger partial charge in [0.25, 0.3) is 0 Å². The van der Waals surface area contributed by atoms with Crippen molar-refractivity contribution in [1.29, 1.82) is 0 Å². The van der Waals surface area contributed by atoms with E-state index in [1.807, 2.05) is 65.1 Å². The van der Waals surface area contributed by atoms with Gasteiger partial charge in [0.2, 0.25) is 0 Å². The Morgan fingerprint density at radius 3 is 2.48 bits per heavy atom. The molecule has 6 N–H and O–H groups in total. The van der Waals surface area contributed by atoms with E-state index in [1.54, 1.807) is 30.5 Å². The van der Waals surface area contributed by atoms with Crippen LogP contribution >= 0.6 is 0 Å². The van der Waals surface area contributed by atoms with E-state index >= 15 is 0 Å². The van der Waals surface area contributed by atoms with Gasteiger partial charge in [-0.25, -0.2) is 4.79 Å². The first-order valence-corrected chi connectivity index (χ1v) is 20.0. The Morgan fingerprint density at radius 1 is 1.09 bits per heavy atom. The number of anilines is 1. The molecule has 13 atom stereocenters. The molecule has 3 aliphatic rings. The lowest BCUT2D eigenvalue weighted by molar-refractivity contribution is -0.288. The number of rotatable bonds is 10. The number of amides is 1. The molecule has 56 heavy (non-hydrogen) atoms. The van der Waals surface area contributed by atoms with Crippen molar-refractivity contribution >= 4 is 23.5 Å². The highest BCUT2D eigenvalue weighted by Gasteiger charge is 2.59. The minimum atomic E-state index is -1.25. The second-order valence-electron chi connectivity index (χ2n) is 16.5. The fourth-order valence-corrected chi connectivity index (χ4v) is 8.94. The van der Waals surface area contributed by atoms with Crippen LogP contribution in [0.4, 0.5) is 10.5 Å². The minimum absolute atomic E-state index is 0.243. The molecule has 3 unspecified atom stereocenters. The number of hydrogen-bond donors (Lipinski definition) is 4. The molecule has 4 heterocycles. The van der Waals surface area contributed by atoms with E-state index in [0.717, 1.165) is 11.3 Å². The second-order valence-corrected chi connectivity index (χ2v) is 16.5. The van der Waals surface area contributed by atoms with Gasteiger partial charge in [-0.3, -0.25) is 19.2 Å². The predicted molar refractivity (Wildman–Crippen MR) is 208 cm³/mol. The molecular weight excluding hydrogens is 722 g/mol. The molecular formula is C40H63N7O9. The smallest absolute Gasteiger partial charge is 0.410 e. The van der Waals surface area contributed by atoms with Crippen molar-refractivity contribution in [3.8, 4) is 11.3 Å². The molecule has 3 aliphatic heterocycles. The lowest BCUT2D eigenvalue weighted by Gasteiger charge is -2.46. The third-order valence-electron chi connectivity index (χ3n) is 11.9. The van der Waals surface area contributed by atoms with Crippen LogP contribution in [0.5, 0.6) is 0 Å². The van der Waals surface area contributed by atoms with E-state index in [0.29, 0.717) is 50.9 Å². The number of nitrogens with one attached hydrogen (secondary N) is 1. The van der Waals surface area contributed by atoms with Gasteiger partial charge in [0, 0.05) is 55.5 Å². The highest BCUT2D eigenvalue weighted by molar-refractivity contribution is 6.00. The average Bonchev–Trinajstić information content (AvgIpc) is 3.73. The first-order valence-electron chi connectivity index (χ1n) is 20.0. The summed E-state index contributed by atoms with van der Waals surface area (Å²) in [7, 11) is 1.54. The number of cyclic esters (lactones) is 1. The Labute approximate surface area is 330 Å². The standard InChI is InChI=1S/C40H63N7O9/c1-10-31-40(8)34(47(38(51)56-40)17-12-11-16-46-21-30(44-45-46)27-14-13-15-28(41)19-27)26(6)43-22(2)20-39(7,52-9)35(24(4)32(48)25(5)36(50)54-31)55-37-33(49)29(42)18-23(3)53-37/h13-15,19,21-26,29,31,33-35,37,43,49H,10-12,16-18,20,41-42H2,1-9H3/t22?,23-,24+,25-,26-,29?,31-,33?,34-,35-,37+,39-,40-/m1/s1. The van der Waals surface area contributed by atoms with Crippen LogP contribution < -0.4 is 16.8 Å². The number of nitrogens with two attached hydrogens (primary N) is 2. The van der Waals surface area contributed by atoms with Crippen LogP contribution in [0.2, 0.25) is 0 Å². The van der Waals surface area contributed by atoms with E-state index in [4.69, 9.17) is 35.2 Å². The number of nitrogen functional groups attached to an aromatic ring is 1. The molecule has 5 rings (SSSR count). The summed E-state index contributed by atoms with van der Waals surface area (Å²) in [4.78, 5) is 43.6. The fraction of sp³-hybridized carbons (Fsp3) is 0.725. The van der Waals surface area contributed by atoms with Crippen LogP contribution in [0.15, 0.2) is 30.5 Å². The van der Waals surface area contributed by atoms with Crippen molar-refractivity contribution in [2.75, 3.05) is 19.4 Å². The van der Waals surface area contributed by atoms with Gasteiger partial charge in [0.15, 0.2) is 17.7 Å². The summed E-state index contributed by atoms with van der Waals surface area (Å²) in [5, 5.41) is 23.3. The van der Waals surface area contributed by atoms with E-state index in [2.05, 4.69) is 15.6 Å². The number of benzene rings is 1. The minimum Gasteiger partial charge on any atom is -0.458 e. The quantitative estimate of drug-likeness (QED) is 0.118. The number of aliphatic hydroxyl groups excluding tert-OH is 1. The monoisotopic (exact) mass is 785 g/mol. The van der Waals surface area contributed by atoms with Crippen LogP contribution in [0.3, 0.4) is 0 Å². The van der Waals surface area contributed by atoms with E-state index in [1.165, 1.54) is 6.92 Å². The van der Waals surface area contributed by atoms with Gasteiger partial charge in [0.1, 0.15) is 23.8 Å². The molecule has 16 nitrogen and oxygen atoms in total. The van der Waals surface area contributed by atoms with E-state index in [-0.39, 0.29) is 18.2 Å². The summed E-state index contributed by atoms with van der Waals surface area (Å²) < 4.78 is 32.8. The topological polar surface area (TPSA) is 216 Å². The highest BCUT2D eigenvalue weighted by Crippen LogP contribution is 2.40. The third-order valence-corrected chi connectivity index (χ3v) is 11.9. The number of ketones is 1. The van der Waals surface area contributed by atoms with Gasteiger partial charge in [-0.2, -0.15) is 0 Å². The number of ether oxygens (including phenoxy) is 5. The molecule has 0 saturated carbocycles. The Balaban J connectivity index is 1.39. The van der Waals surface area contributed by atoms with Crippen molar-refractivity contribution in [2.45, 2.75) is 160 Å². The number of carbonyl (C=O) groups excluding carboxylic acids is 3. The number of esters is 1. The number of hydrogen-bond acceptors (Lipinski definition) is 14. The molecule has 1 aromatic heterocycles. The summed E-state index contributed by atoms with van der Waals surface area (Å²) in [6.45, 7) is 15.5. The van der Waals surface area contributed by atoms with Gasteiger partial charge in [0.05, 0.1) is 30.0 Å². The summed E-state index contributed by atoms with van der Waals surface area (Å²) in [5.41, 5.74) is 12.1. The predicted octanol–water partition coefficient (Wildman–Crippen LogP) is 3.43. The molecule has 0 radical (unpaired) electrons. The molecule has 3 saturated heterocycles. The summed E-state index contributed by atoms with van der Waals surface area (Å²) in [5.74, 6) is -3.23. The van der Waals surface area contributed by atoms with Gasteiger partial charge in [-0.15, -0.1) is 5.10 Å². The zero-order valence-corrected chi connectivity index (χ0v) is 34.3. The van der Waals surface area contributed by atoms with Crippen LogP contribution in [0.1, 0.15) is 87.5 Å². The van der Waals surface area contributed by atoms with E-state index < -0.39 is 77.6 Å². The number of Topliss-reactive ketones (excluding diaryl/α,β-unsaturated/α-hetero) is 1. The summed E-state index contributed by atoms with van der Waals surface area (Å²) in [6.07, 6.45) is -0.533. The first-order chi connectivity index (χ1) is 26.4. The molecule has 0 bridgehead atoms. The lowest BCUT2D eigenvalue weighted by atomic mass is 9.78. The average molecular weight is 786 g/mol. The molecule has 312 valence electrons. The zero-order chi connectivity index (χ0) is 41.1. The van der Waals surface area contributed by atoms with Crippen LogP contribution in [0.25, 0.3) is 11.3 Å². The first kappa shape index (κ1) is 43.5. The number of carbonyl (C=O) groups is 3. The van der Waals surface area contributed by atoms with Crippen molar-refractivity contribution in [2.24, 2.45) is 17.6 Å². The van der Waals surface area contributed by atoms with Crippen LogP contribution in [-0.4, -0.2) is 123 Å². The Kier molecular flexibility index (Phi) is 13.9. The number of aromatic nitrogens is 3. The zero-order valence-electron chi connectivity index (χ0n) is 34.3. The van der Waals surface area contributed by atoms with E-state index in [9.17, 15) is 19.5 Å². The van der Waals surface area contributed by atoms with Gasteiger partial charge < -0.3 is 45.6 Å². The number of aryl methyl sites for hydroxylation is 1. The normalized spacial score (nSPS) is 37.4. The van der Waals surface area contributed by atoms with Gasteiger partial charge in [-0.05, 0) is 85.8 Å².